The number of methoxy groups -OCH3 is 1. The first-order valence-corrected chi connectivity index (χ1v) is 10.1. The Morgan fingerprint density at radius 2 is 2.05 bits per heavy atom. The van der Waals surface area contributed by atoms with Crippen LogP contribution in [0.15, 0.2) is 24.3 Å². The number of benzene rings is 1. The van der Waals surface area contributed by atoms with Gasteiger partial charge in [0.1, 0.15) is 5.75 Å². The fraction of sp³-hybridized carbons (Fsp3) is 0.600. The number of hydrogen-bond donors (Lipinski definition) is 1. The van der Waals surface area contributed by atoms with Gasteiger partial charge in [0.05, 0.1) is 13.4 Å². The predicted octanol–water partition coefficient (Wildman–Crippen LogP) is 1.57. The summed E-state index contributed by atoms with van der Waals surface area (Å²) in [4.78, 5) is 0. The number of rotatable bonds is 6. The lowest BCUT2D eigenvalue weighted by Crippen LogP contribution is -2.45. The third-order valence-electron chi connectivity index (χ3n) is 3.95. The van der Waals surface area contributed by atoms with Crippen molar-refractivity contribution in [3.05, 3.63) is 29.8 Å². The number of hydrogen-bond acceptors (Lipinski definition) is 5. The van der Waals surface area contributed by atoms with Crippen LogP contribution >= 0.6 is 11.8 Å². The third kappa shape index (κ3) is 4.62. The molecular weight excluding hydrogens is 322 g/mol. The monoisotopic (exact) mass is 345 g/mol. The molecule has 22 heavy (non-hydrogen) atoms. The lowest BCUT2D eigenvalue weighted by Gasteiger charge is -2.36. The Balaban J connectivity index is 1.92. The van der Waals surface area contributed by atoms with Crippen molar-refractivity contribution in [1.29, 1.82) is 0 Å². The average Bonchev–Trinajstić information content (AvgIpc) is 2.52. The maximum Gasteiger partial charge on any atom is 0.211 e. The molecule has 1 aliphatic heterocycles. The van der Waals surface area contributed by atoms with E-state index in [2.05, 4.69) is 0 Å². The molecule has 1 N–H and O–H groups in total. The molecule has 1 fully saturated rings. The highest BCUT2D eigenvalue weighted by Crippen LogP contribution is 2.31. The summed E-state index contributed by atoms with van der Waals surface area (Å²) in [5.41, 5.74) is 1.20. The Bertz CT molecular complexity index is 574. The number of nitrogens with zero attached hydrogens (tertiary/aromatic N) is 1. The van der Waals surface area contributed by atoms with Gasteiger partial charge in [0, 0.05) is 36.6 Å². The summed E-state index contributed by atoms with van der Waals surface area (Å²) in [6.45, 7) is 0.970. The quantitative estimate of drug-likeness (QED) is 0.848. The van der Waals surface area contributed by atoms with Crippen molar-refractivity contribution in [3.63, 3.8) is 0 Å². The van der Waals surface area contributed by atoms with Crippen molar-refractivity contribution in [2.75, 3.05) is 33.1 Å². The Hall–Kier alpha value is -0.760. The normalized spacial score (nSPS) is 23.4. The predicted molar refractivity (Wildman–Crippen MR) is 89.7 cm³/mol. The van der Waals surface area contributed by atoms with Gasteiger partial charge < -0.3 is 9.84 Å². The molecule has 5 nitrogen and oxygen atoms in total. The summed E-state index contributed by atoms with van der Waals surface area (Å²) in [6, 6.07) is 7.94. The highest BCUT2D eigenvalue weighted by atomic mass is 32.2. The van der Waals surface area contributed by atoms with Crippen LogP contribution < -0.4 is 4.74 Å². The van der Waals surface area contributed by atoms with Gasteiger partial charge in [-0.3, -0.25) is 0 Å². The molecule has 0 radical (unpaired) electrons. The van der Waals surface area contributed by atoms with Crippen LogP contribution in [0.4, 0.5) is 0 Å². The standard InChI is InChI=1S/C15H23NO4S2/c1-20-14-5-3-12(4-6-14)11-21-15-7-8-16(22(2,18)19)9-13(15)10-17/h3-6,13,15,17H,7-11H2,1-2H3. The Labute approximate surface area is 136 Å². The van der Waals surface area contributed by atoms with Crippen molar-refractivity contribution in [2.24, 2.45) is 5.92 Å². The van der Waals surface area contributed by atoms with Gasteiger partial charge >= 0.3 is 0 Å². The van der Waals surface area contributed by atoms with Crippen LogP contribution in [-0.2, 0) is 15.8 Å². The van der Waals surface area contributed by atoms with E-state index in [1.165, 1.54) is 16.1 Å². The topological polar surface area (TPSA) is 66.8 Å². The van der Waals surface area contributed by atoms with Crippen LogP contribution in [0.25, 0.3) is 0 Å². The number of piperidine rings is 1. The molecule has 2 atom stereocenters. The molecule has 0 saturated carbocycles. The number of aliphatic hydroxyl groups excluding tert-OH is 1. The van der Waals surface area contributed by atoms with Crippen LogP contribution in [0.5, 0.6) is 5.75 Å². The third-order valence-corrected chi connectivity index (χ3v) is 6.77. The van der Waals surface area contributed by atoms with Gasteiger partial charge in [0.15, 0.2) is 0 Å². The van der Waals surface area contributed by atoms with Crippen LogP contribution in [0.2, 0.25) is 0 Å². The molecule has 1 aromatic carbocycles. The number of ether oxygens (including phenoxy) is 1. The highest BCUT2D eigenvalue weighted by molar-refractivity contribution is 7.99. The Morgan fingerprint density at radius 1 is 1.36 bits per heavy atom. The Morgan fingerprint density at radius 3 is 2.59 bits per heavy atom. The van der Waals surface area contributed by atoms with Crippen LogP contribution in [0.3, 0.4) is 0 Å². The molecule has 0 aromatic heterocycles. The van der Waals surface area contributed by atoms with E-state index in [9.17, 15) is 13.5 Å². The number of sulfonamides is 1. The van der Waals surface area contributed by atoms with E-state index in [4.69, 9.17) is 4.74 Å². The first-order chi connectivity index (χ1) is 10.4. The largest absolute Gasteiger partial charge is 0.497 e. The molecule has 1 aliphatic rings. The fourth-order valence-electron chi connectivity index (χ4n) is 2.60. The smallest absolute Gasteiger partial charge is 0.211 e. The lowest BCUT2D eigenvalue weighted by molar-refractivity contribution is 0.171. The first-order valence-electron chi connectivity index (χ1n) is 7.24. The molecule has 124 valence electrons. The zero-order chi connectivity index (χ0) is 16.2. The zero-order valence-corrected chi connectivity index (χ0v) is 14.6. The molecule has 0 amide bonds. The van der Waals surface area contributed by atoms with Crippen molar-refractivity contribution < 1.29 is 18.3 Å². The molecule has 2 unspecified atom stereocenters. The van der Waals surface area contributed by atoms with E-state index >= 15 is 0 Å². The Kier molecular flexibility index (Phi) is 6.14. The van der Waals surface area contributed by atoms with Gasteiger partial charge in [-0.25, -0.2) is 12.7 Å². The summed E-state index contributed by atoms with van der Waals surface area (Å²) < 4.78 is 29.8. The second-order valence-electron chi connectivity index (χ2n) is 5.55. The van der Waals surface area contributed by atoms with Gasteiger partial charge in [0.2, 0.25) is 10.0 Å². The molecule has 0 spiro atoms. The van der Waals surface area contributed by atoms with Crippen molar-refractivity contribution in [2.45, 2.75) is 17.4 Å². The minimum absolute atomic E-state index is 0.00766. The summed E-state index contributed by atoms with van der Waals surface area (Å²) in [7, 11) is -1.52. The lowest BCUT2D eigenvalue weighted by atomic mass is 10.0. The second kappa shape index (κ2) is 7.68. The molecule has 1 heterocycles. The minimum atomic E-state index is -3.17. The summed E-state index contributed by atoms with van der Waals surface area (Å²) >= 11 is 1.79. The van der Waals surface area contributed by atoms with Crippen LogP contribution in [0.1, 0.15) is 12.0 Å². The van der Waals surface area contributed by atoms with E-state index in [-0.39, 0.29) is 17.8 Å². The molecule has 1 saturated heterocycles. The van der Waals surface area contributed by atoms with Crippen LogP contribution in [-0.4, -0.2) is 56.1 Å². The molecule has 0 aliphatic carbocycles. The number of thioether (sulfide) groups is 1. The molecule has 1 aromatic rings. The van der Waals surface area contributed by atoms with Crippen molar-refractivity contribution >= 4 is 21.8 Å². The fourth-order valence-corrected chi connectivity index (χ4v) is 4.81. The van der Waals surface area contributed by atoms with E-state index in [1.54, 1.807) is 18.9 Å². The van der Waals surface area contributed by atoms with Crippen molar-refractivity contribution in [1.82, 2.24) is 4.31 Å². The van der Waals surface area contributed by atoms with Gasteiger partial charge in [-0.05, 0) is 24.1 Å². The van der Waals surface area contributed by atoms with Crippen molar-refractivity contribution in [3.8, 4) is 5.75 Å². The average molecular weight is 345 g/mol. The molecule has 2 rings (SSSR count). The molecule has 0 bridgehead atoms. The highest BCUT2D eigenvalue weighted by Gasteiger charge is 2.32. The molecule has 7 heteroatoms. The summed E-state index contributed by atoms with van der Waals surface area (Å²) in [5.74, 6) is 1.68. The van der Waals surface area contributed by atoms with E-state index < -0.39 is 10.0 Å². The SMILES string of the molecule is COc1ccc(CSC2CCN(S(C)(=O)=O)CC2CO)cc1. The van der Waals surface area contributed by atoms with E-state index in [0.717, 1.165) is 17.9 Å². The van der Waals surface area contributed by atoms with Gasteiger partial charge in [-0.15, -0.1) is 0 Å². The second-order valence-corrected chi connectivity index (χ2v) is 8.76. The zero-order valence-electron chi connectivity index (χ0n) is 12.9. The van der Waals surface area contributed by atoms with Gasteiger partial charge in [-0.2, -0.15) is 11.8 Å². The summed E-state index contributed by atoms with van der Waals surface area (Å²) in [5, 5.41) is 9.84. The van der Waals surface area contributed by atoms with Crippen LogP contribution in [0, 0.1) is 5.92 Å². The van der Waals surface area contributed by atoms with Gasteiger partial charge in [-0.1, -0.05) is 12.1 Å². The minimum Gasteiger partial charge on any atom is -0.497 e. The molecular formula is C15H23NO4S2. The summed E-state index contributed by atoms with van der Waals surface area (Å²) in [6.07, 6.45) is 2.01. The first kappa shape index (κ1) is 17.6. The maximum atomic E-state index is 11.6. The number of aliphatic hydroxyl groups is 1. The van der Waals surface area contributed by atoms with E-state index in [0.29, 0.717) is 13.1 Å². The van der Waals surface area contributed by atoms with Gasteiger partial charge in [0.25, 0.3) is 0 Å². The maximum absolute atomic E-state index is 11.6. The van der Waals surface area contributed by atoms with E-state index in [1.807, 2.05) is 24.3 Å².